The van der Waals surface area contributed by atoms with Gasteiger partial charge in [0.2, 0.25) is 5.95 Å². The number of aromatic nitrogens is 4. The first-order valence-electron chi connectivity index (χ1n) is 12.1. The molecule has 0 bridgehead atoms. The van der Waals surface area contributed by atoms with Gasteiger partial charge in [0.25, 0.3) is 0 Å². The van der Waals surface area contributed by atoms with E-state index < -0.39 is 11.6 Å². The highest BCUT2D eigenvalue weighted by molar-refractivity contribution is 5.54. The van der Waals surface area contributed by atoms with Gasteiger partial charge in [-0.25, -0.2) is 13.5 Å². The van der Waals surface area contributed by atoms with Crippen molar-refractivity contribution in [2.45, 2.75) is 6.92 Å². The molecular weight excluding hydrogens is 482 g/mol. The van der Waals surface area contributed by atoms with Gasteiger partial charge in [-0.3, -0.25) is 4.90 Å². The van der Waals surface area contributed by atoms with Gasteiger partial charge in [-0.05, 0) is 19.1 Å². The Bertz CT molecular complexity index is 1200. The molecule has 12 heteroatoms. The molecule has 0 aliphatic carbocycles. The van der Waals surface area contributed by atoms with Crippen molar-refractivity contribution in [1.82, 2.24) is 24.6 Å². The Kier molecular flexibility index (Phi) is 8.64. The van der Waals surface area contributed by atoms with E-state index in [4.69, 9.17) is 5.73 Å². The van der Waals surface area contributed by atoms with Gasteiger partial charge >= 0.3 is 0 Å². The number of nitrogen functional groups attached to an aromatic ring is 1. The molecule has 0 atom stereocenters. The van der Waals surface area contributed by atoms with Gasteiger partial charge in [0, 0.05) is 69.2 Å². The first kappa shape index (κ1) is 26.5. The zero-order valence-electron chi connectivity index (χ0n) is 20.8. The van der Waals surface area contributed by atoms with Gasteiger partial charge in [-0.15, -0.1) is 0 Å². The van der Waals surface area contributed by atoms with Crippen LogP contribution >= 0.6 is 0 Å². The third-order valence-electron chi connectivity index (χ3n) is 6.29. The molecule has 4 N–H and O–H groups in total. The Morgan fingerprint density at radius 3 is 2.32 bits per heavy atom. The highest BCUT2D eigenvalue weighted by Crippen LogP contribution is 2.21. The Morgan fingerprint density at radius 2 is 1.68 bits per heavy atom. The smallest absolute Gasteiger partial charge is 0.224 e. The zero-order chi connectivity index (χ0) is 26.4. The minimum atomic E-state index is -0.565. The van der Waals surface area contributed by atoms with Crippen LogP contribution in [0.4, 0.5) is 26.2 Å². The Hall–Kier alpha value is -3.61. The predicted molar refractivity (Wildman–Crippen MR) is 139 cm³/mol. The number of anilines is 3. The zero-order valence-corrected chi connectivity index (χ0v) is 20.8. The highest BCUT2D eigenvalue weighted by Gasteiger charge is 2.18. The Balaban J connectivity index is 1.39. The van der Waals surface area contributed by atoms with Crippen LogP contribution in [0.5, 0.6) is 0 Å². The van der Waals surface area contributed by atoms with Crippen molar-refractivity contribution < 1.29 is 19.0 Å². The first-order valence-corrected chi connectivity index (χ1v) is 12.1. The lowest BCUT2D eigenvalue weighted by Crippen LogP contribution is -2.46. The molecule has 37 heavy (non-hydrogen) atoms. The van der Waals surface area contributed by atoms with Crippen LogP contribution in [-0.4, -0.2) is 93.9 Å². The molecule has 3 heterocycles. The number of benzene rings is 1. The number of aliphatic hydroxyl groups is 2. The second-order valence-electron chi connectivity index (χ2n) is 8.79. The molecule has 4 rings (SSSR count). The van der Waals surface area contributed by atoms with Crippen molar-refractivity contribution in [1.29, 1.82) is 0 Å². The van der Waals surface area contributed by atoms with Crippen molar-refractivity contribution in [2.24, 2.45) is 0 Å². The van der Waals surface area contributed by atoms with E-state index >= 15 is 0 Å². The van der Waals surface area contributed by atoms with Crippen molar-refractivity contribution in [3.05, 3.63) is 59.4 Å². The van der Waals surface area contributed by atoms with E-state index in [1.807, 2.05) is 17.9 Å². The molecule has 10 nitrogen and oxygen atoms in total. The average molecular weight is 515 g/mol. The van der Waals surface area contributed by atoms with E-state index in [2.05, 4.69) is 26.0 Å². The highest BCUT2D eigenvalue weighted by atomic mass is 19.1. The van der Waals surface area contributed by atoms with Crippen LogP contribution in [0, 0.1) is 18.6 Å². The molecular formula is C25H32F2N8O2. The predicted octanol–water partition coefficient (Wildman–Crippen LogP) is 1.46. The van der Waals surface area contributed by atoms with Crippen molar-refractivity contribution in [3.8, 4) is 5.82 Å². The topological polar surface area (TPSA) is 120 Å². The van der Waals surface area contributed by atoms with Gasteiger partial charge in [-0.2, -0.15) is 15.1 Å². The molecule has 3 aromatic rings. The molecule has 0 unspecified atom stereocenters. The molecule has 0 spiro atoms. The summed E-state index contributed by atoms with van der Waals surface area (Å²) in [6, 6.07) is 5.34. The lowest BCUT2D eigenvalue weighted by atomic mass is 10.2. The average Bonchev–Trinajstić information content (AvgIpc) is 3.23. The number of hydrogen-bond acceptors (Lipinski definition) is 9. The molecule has 0 saturated carbocycles. The number of halogens is 2. The fraction of sp³-hybridized carbons (Fsp3) is 0.400. The SMILES string of the molecule is Cc1c(C=CCN2CCN(c3cc(F)cc(F)c3)CC2)cnn1-c1cc(N(CCO)CCO)nc(N)n1. The fourth-order valence-electron chi connectivity index (χ4n) is 4.35. The molecule has 1 aliphatic heterocycles. The van der Waals surface area contributed by atoms with Gasteiger partial charge in [0.05, 0.1) is 25.1 Å². The molecule has 1 saturated heterocycles. The van der Waals surface area contributed by atoms with E-state index in [1.54, 1.807) is 21.8 Å². The molecule has 0 amide bonds. The normalized spacial score (nSPS) is 14.6. The van der Waals surface area contributed by atoms with Gasteiger partial charge < -0.3 is 25.7 Å². The maximum atomic E-state index is 13.5. The summed E-state index contributed by atoms with van der Waals surface area (Å²) in [4.78, 5) is 14.5. The summed E-state index contributed by atoms with van der Waals surface area (Å²) in [6.07, 6.45) is 5.82. The maximum Gasteiger partial charge on any atom is 0.224 e. The van der Waals surface area contributed by atoms with Gasteiger partial charge in [-0.1, -0.05) is 12.2 Å². The number of piperazine rings is 1. The van der Waals surface area contributed by atoms with Crippen molar-refractivity contribution in [2.75, 3.05) is 74.6 Å². The molecule has 1 fully saturated rings. The summed E-state index contributed by atoms with van der Waals surface area (Å²) in [7, 11) is 0. The van der Waals surface area contributed by atoms with E-state index in [0.29, 0.717) is 43.5 Å². The minimum Gasteiger partial charge on any atom is -0.395 e. The van der Waals surface area contributed by atoms with Crippen molar-refractivity contribution in [3.63, 3.8) is 0 Å². The molecule has 2 aromatic heterocycles. The fourth-order valence-corrected chi connectivity index (χ4v) is 4.35. The Labute approximate surface area is 214 Å². The summed E-state index contributed by atoms with van der Waals surface area (Å²) in [5.74, 6) is -0.0711. The summed E-state index contributed by atoms with van der Waals surface area (Å²) < 4.78 is 28.8. The molecule has 198 valence electrons. The van der Waals surface area contributed by atoms with Crippen LogP contribution in [0.2, 0.25) is 0 Å². The first-order chi connectivity index (χ1) is 17.9. The molecule has 1 aromatic carbocycles. The number of nitrogens with two attached hydrogens (primary N) is 1. The van der Waals surface area contributed by atoms with E-state index in [-0.39, 0.29) is 19.2 Å². The quantitative estimate of drug-likeness (QED) is 0.369. The number of nitrogens with zero attached hydrogens (tertiary/aromatic N) is 7. The van der Waals surface area contributed by atoms with Crippen LogP contribution in [0.15, 0.2) is 36.5 Å². The lowest BCUT2D eigenvalue weighted by molar-refractivity contribution is 0.280. The van der Waals surface area contributed by atoms with E-state index in [0.717, 1.165) is 37.0 Å². The number of rotatable bonds is 10. The summed E-state index contributed by atoms with van der Waals surface area (Å²) in [6.45, 7) is 6.03. The van der Waals surface area contributed by atoms with Crippen molar-refractivity contribution >= 4 is 23.5 Å². The van der Waals surface area contributed by atoms with Crippen LogP contribution in [-0.2, 0) is 0 Å². The molecule has 1 aliphatic rings. The van der Waals surface area contributed by atoms with Crippen LogP contribution in [0.25, 0.3) is 11.9 Å². The second kappa shape index (κ2) is 12.1. The monoisotopic (exact) mass is 514 g/mol. The number of aliphatic hydroxyl groups excluding tert-OH is 2. The molecule has 0 radical (unpaired) electrons. The largest absolute Gasteiger partial charge is 0.395 e. The van der Waals surface area contributed by atoms with Crippen LogP contribution in [0.1, 0.15) is 11.3 Å². The van der Waals surface area contributed by atoms with Crippen LogP contribution in [0.3, 0.4) is 0 Å². The van der Waals surface area contributed by atoms with E-state index in [1.165, 1.54) is 12.1 Å². The summed E-state index contributed by atoms with van der Waals surface area (Å²) in [5.41, 5.74) is 8.30. The number of hydrogen-bond donors (Lipinski definition) is 3. The summed E-state index contributed by atoms with van der Waals surface area (Å²) >= 11 is 0. The Morgan fingerprint density at radius 1 is 1.00 bits per heavy atom. The summed E-state index contributed by atoms with van der Waals surface area (Å²) in [5, 5.41) is 23.1. The minimum absolute atomic E-state index is 0.0699. The lowest BCUT2D eigenvalue weighted by Gasteiger charge is -2.35. The third kappa shape index (κ3) is 6.59. The van der Waals surface area contributed by atoms with Gasteiger partial charge in [0.15, 0.2) is 5.82 Å². The second-order valence-corrected chi connectivity index (χ2v) is 8.79. The van der Waals surface area contributed by atoms with Gasteiger partial charge in [0.1, 0.15) is 17.5 Å². The maximum absolute atomic E-state index is 13.5. The van der Waals surface area contributed by atoms with E-state index in [9.17, 15) is 19.0 Å². The van der Waals surface area contributed by atoms with Crippen LogP contribution < -0.4 is 15.5 Å². The standard InChI is InChI=1S/C25H32F2N8O2/c1-18-19(3-2-4-32-5-7-33(8-6-32)22-14-20(26)13-21(27)15-22)17-29-35(18)24-16-23(30-25(28)31-24)34(9-11-36)10-12-37/h2-3,13-17,36-37H,4-12H2,1H3,(H2,28,30,31). The third-order valence-corrected chi connectivity index (χ3v) is 6.29.